The standard InChI is InChI=1S/C16H21NO4S/c18-15(9-14-6-1-2-7-21-14)17-13-5-3-4-12(8-13)10-22-11-16(19)20/h3-5,8,14H,1-2,6-7,9-11H2,(H,17,18)(H,19,20). The molecule has 1 aliphatic heterocycles. The lowest BCUT2D eigenvalue weighted by molar-refractivity contribution is -0.134. The van der Waals surface area contributed by atoms with Crippen molar-refractivity contribution >= 4 is 29.3 Å². The van der Waals surface area contributed by atoms with Crippen LogP contribution in [-0.4, -0.2) is 35.4 Å². The summed E-state index contributed by atoms with van der Waals surface area (Å²) in [6.07, 6.45) is 3.56. The number of benzene rings is 1. The van der Waals surface area contributed by atoms with E-state index in [0.29, 0.717) is 12.2 Å². The molecule has 0 aliphatic carbocycles. The van der Waals surface area contributed by atoms with Crippen molar-refractivity contribution in [3.8, 4) is 0 Å². The van der Waals surface area contributed by atoms with Crippen LogP contribution < -0.4 is 5.32 Å². The number of carbonyl (C=O) groups is 2. The van der Waals surface area contributed by atoms with E-state index in [1.54, 1.807) is 0 Å². The molecule has 1 unspecified atom stereocenters. The zero-order valence-electron chi connectivity index (χ0n) is 12.4. The van der Waals surface area contributed by atoms with Crippen molar-refractivity contribution in [1.82, 2.24) is 0 Å². The van der Waals surface area contributed by atoms with E-state index >= 15 is 0 Å². The summed E-state index contributed by atoms with van der Waals surface area (Å²) in [4.78, 5) is 22.5. The van der Waals surface area contributed by atoms with Crippen molar-refractivity contribution in [2.75, 3.05) is 17.7 Å². The van der Waals surface area contributed by atoms with Crippen LogP contribution in [0.3, 0.4) is 0 Å². The van der Waals surface area contributed by atoms with E-state index in [4.69, 9.17) is 9.84 Å². The first kappa shape index (κ1) is 16.8. The van der Waals surface area contributed by atoms with E-state index in [9.17, 15) is 9.59 Å². The molecule has 1 aromatic carbocycles. The number of aliphatic carboxylic acids is 1. The molecule has 1 fully saturated rings. The molecule has 22 heavy (non-hydrogen) atoms. The molecule has 1 saturated heterocycles. The predicted octanol–water partition coefficient (Wildman–Crippen LogP) is 2.90. The van der Waals surface area contributed by atoms with Crippen LogP contribution in [0.25, 0.3) is 0 Å². The highest BCUT2D eigenvalue weighted by molar-refractivity contribution is 7.99. The highest BCUT2D eigenvalue weighted by atomic mass is 32.2. The first-order valence-electron chi connectivity index (χ1n) is 7.43. The minimum Gasteiger partial charge on any atom is -0.481 e. The van der Waals surface area contributed by atoms with Gasteiger partial charge in [0.1, 0.15) is 0 Å². The van der Waals surface area contributed by atoms with Gasteiger partial charge < -0.3 is 15.2 Å². The summed E-state index contributed by atoms with van der Waals surface area (Å²) in [5, 5.41) is 11.5. The van der Waals surface area contributed by atoms with Gasteiger partial charge in [-0.15, -0.1) is 11.8 Å². The summed E-state index contributed by atoms with van der Waals surface area (Å²) in [5.74, 6) is -0.165. The maximum atomic E-state index is 12.0. The van der Waals surface area contributed by atoms with Crippen molar-refractivity contribution in [2.45, 2.75) is 37.5 Å². The van der Waals surface area contributed by atoms with Crippen LogP contribution in [0, 0.1) is 0 Å². The molecule has 1 atom stereocenters. The van der Waals surface area contributed by atoms with Gasteiger partial charge in [-0.3, -0.25) is 9.59 Å². The Balaban J connectivity index is 1.81. The van der Waals surface area contributed by atoms with Gasteiger partial charge in [-0.2, -0.15) is 0 Å². The molecular formula is C16H21NO4S. The molecule has 1 aromatic rings. The van der Waals surface area contributed by atoms with Crippen LogP contribution in [0.15, 0.2) is 24.3 Å². The van der Waals surface area contributed by atoms with Crippen molar-refractivity contribution < 1.29 is 19.4 Å². The van der Waals surface area contributed by atoms with Crippen LogP contribution in [0.5, 0.6) is 0 Å². The topological polar surface area (TPSA) is 75.6 Å². The van der Waals surface area contributed by atoms with Gasteiger partial charge in [-0.05, 0) is 37.0 Å². The maximum absolute atomic E-state index is 12.0. The van der Waals surface area contributed by atoms with Crippen LogP contribution in [0.2, 0.25) is 0 Å². The largest absolute Gasteiger partial charge is 0.481 e. The summed E-state index contributed by atoms with van der Waals surface area (Å²) in [7, 11) is 0. The molecule has 0 aromatic heterocycles. The van der Waals surface area contributed by atoms with E-state index in [2.05, 4.69) is 5.32 Å². The van der Waals surface area contributed by atoms with Gasteiger partial charge in [0.15, 0.2) is 0 Å². The van der Waals surface area contributed by atoms with Gasteiger partial charge in [0.05, 0.1) is 18.3 Å². The van der Waals surface area contributed by atoms with Gasteiger partial charge in [-0.25, -0.2) is 0 Å². The molecule has 0 radical (unpaired) electrons. The molecule has 1 aliphatic rings. The number of thioether (sulfide) groups is 1. The highest BCUT2D eigenvalue weighted by Crippen LogP contribution is 2.19. The molecule has 0 spiro atoms. The quantitative estimate of drug-likeness (QED) is 0.807. The number of anilines is 1. The van der Waals surface area contributed by atoms with Crippen molar-refractivity contribution in [3.05, 3.63) is 29.8 Å². The Morgan fingerprint density at radius 1 is 1.36 bits per heavy atom. The Morgan fingerprint density at radius 2 is 2.23 bits per heavy atom. The van der Waals surface area contributed by atoms with Gasteiger partial charge >= 0.3 is 5.97 Å². The molecule has 6 heteroatoms. The van der Waals surface area contributed by atoms with Gasteiger partial charge in [0.25, 0.3) is 0 Å². The van der Waals surface area contributed by atoms with Gasteiger partial charge in [0, 0.05) is 18.0 Å². The van der Waals surface area contributed by atoms with Crippen molar-refractivity contribution in [2.24, 2.45) is 0 Å². The van der Waals surface area contributed by atoms with Gasteiger partial charge in [-0.1, -0.05) is 12.1 Å². The molecule has 5 nitrogen and oxygen atoms in total. The lowest BCUT2D eigenvalue weighted by Gasteiger charge is -2.22. The zero-order valence-corrected chi connectivity index (χ0v) is 13.2. The molecular weight excluding hydrogens is 302 g/mol. The number of amides is 1. The third-order valence-corrected chi connectivity index (χ3v) is 4.38. The van der Waals surface area contributed by atoms with Crippen molar-refractivity contribution in [3.63, 3.8) is 0 Å². The lowest BCUT2D eigenvalue weighted by Crippen LogP contribution is -2.25. The summed E-state index contributed by atoms with van der Waals surface area (Å²) in [6.45, 7) is 0.744. The van der Waals surface area contributed by atoms with Crippen LogP contribution in [-0.2, 0) is 20.1 Å². The minimum atomic E-state index is -0.818. The Kier molecular flexibility index (Phi) is 6.74. The average molecular weight is 323 g/mol. The van der Waals surface area contributed by atoms with Crippen LogP contribution >= 0.6 is 11.8 Å². The lowest BCUT2D eigenvalue weighted by atomic mass is 10.1. The number of nitrogens with one attached hydrogen (secondary N) is 1. The maximum Gasteiger partial charge on any atom is 0.313 e. The third kappa shape index (κ3) is 6.07. The first-order chi connectivity index (χ1) is 10.6. The van der Waals surface area contributed by atoms with E-state index in [-0.39, 0.29) is 17.8 Å². The number of carboxylic acids is 1. The second-order valence-corrected chi connectivity index (χ2v) is 6.31. The molecule has 120 valence electrons. The normalized spacial score (nSPS) is 17.9. The summed E-state index contributed by atoms with van der Waals surface area (Å²) in [5.41, 5.74) is 1.74. The number of carbonyl (C=O) groups excluding carboxylic acids is 1. The second kappa shape index (κ2) is 8.80. The summed E-state index contributed by atoms with van der Waals surface area (Å²) in [6, 6.07) is 7.51. The molecule has 2 rings (SSSR count). The molecule has 2 N–H and O–H groups in total. The second-order valence-electron chi connectivity index (χ2n) is 5.33. The average Bonchev–Trinajstić information content (AvgIpc) is 2.48. The SMILES string of the molecule is O=C(O)CSCc1cccc(NC(=O)CC2CCCCO2)c1. The molecule has 0 bridgehead atoms. The molecule has 1 heterocycles. The number of ether oxygens (including phenoxy) is 1. The summed E-state index contributed by atoms with van der Waals surface area (Å²) >= 11 is 1.34. The zero-order chi connectivity index (χ0) is 15.8. The fourth-order valence-electron chi connectivity index (χ4n) is 2.38. The Hall–Kier alpha value is -1.53. The smallest absolute Gasteiger partial charge is 0.313 e. The predicted molar refractivity (Wildman–Crippen MR) is 87.1 cm³/mol. The minimum absolute atomic E-state index is 0.0306. The monoisotopic (exact) mass is 323 g/mol. The van der Waals surface area contributed by atoms with E-state index in [1.165, 1.54) is 11.8 Å². The van der Waals surface area contributed by atoms with E-state index < -0.39 is 5.97 Å². The van der Waals surface area contributed by atoms with E-state index in [0.717, 1.165) is 37.1 Å². The fraction of sp³-hybridized carbons (Fsp3) is 0.500. The van der Waals surface area contributed by atoms with Crippen molar-refractivity contribution in [1.29, 1.82) is 0 Å². The number of carboxylic acid groups (broad SMARTS) is 1. The number of hydrogen-bond donors (Lipinski definition) is 2. The molecule has 1 amide bonds. The number of rotatable bonds is 7. The van der Waals surface area contributed by atoms with E-state index in [1.807, 2.05) is 24.3 Å². The molecule has 0 saturated carbocycles. The Bertz CT molecular complexity index is 515. The third-order valence-electron chi connectivity index (χ3n) is 3.39. The number of hydrogen-bond acceptors (Lipinski definition) is 4. The van der Waals surface area contributed by atoms with Gasteiger partial charge in [0.2, 0.25) is 5.91 Å². The Morgan fingerprint density at radius 3 is 2.95 bits per heavy atom. The highest BCUT2D eigenvalue weighted by Gasteiger charge is 2.17. The van der Waals surface area contributed by atoms with Crippen LogP contribution in [0.1, 0.15) is 31.2 Å². The fourth-order valence-corrected chi connectivity index (χ4v) is 3.07. The van der Waals surface area contributed by atoms with Crippen LogP contribution in [0.4, 0.5) is 5.69 Å². The summed E-state index contributed by atoms with van der Waals surface area (Å²) < 4.78 is 5.57. The Labute approximate surface area is 134 Å². The first-order valence-corrected chi connectivity index (χ1v) is 8.59.